The molecule has 140 valence electrons. The van der Waals surface area contributed by atoms with Crippen LogP contribution in [0.3, 0.4) is 0 Å². The average Bonchev–Trinajstić information content (AvgIpc) is 3.47. The van der Waals surface area contributed by atoms with Gasteiger partial charge < -0.3 is 15.7 Å². The number of amides is 1. The normalized spacial score (nSPS) is 18.6. The van der Waals surface area contributed by atoms with Crippen molar-refractivity contribution in [3.05, 3.63) is 84.1 Å². The molecule has 2 aromatic rings. The number of carbonyl (C=O) groups excluding carboxylic acids is 1. The fourth-order valence-electron chi connectivity index (χ4n) is 3.27. The molecule has 27 heavy (non-hydrogen) atoms. The van der Waals surface area contributed by atoms with Gasteiger partial charge in [0.25, 0.3) is 0 Å². The minimum absolute atomic E-state index is 0.102. The molecule has 3 rings (SSSR count). The zero-order chi connectivity index (χ0) is 19.2. The highest BCUT2D eigenvalue weighted by Gasteiger charge is 2.43. The molecular formula is C23H26N2O2. The van der Waals surface area contributed by atoms with Gasteiger partial charge in [0.1, 0.15) is 5.75 Å². The fraction of sp³-hybridized carbons (Fsp3) is 0.261. The Balaban J connectivity index is 1.39. The molecule has 3 N–H and O–H groups in total. The second kappa shape index (κ2) is 8.58. The van der Waals surface area contributed by atoms with Crippen LogP contribution < -0.4 is 10.6 Å². The van der Waals surface area contributed by atoms with E-state index in [1.165, 1.54) is 5.56 Å². The lowest BCUT2D eigenvalue weighted by Gasteiger charge is -2.10. The fourth-order valence-corrected chi connectivity index (χ4v) is 3.27. The van der Waals surface area contributed by atoms with Gasteiger partial charge in [-0.25, -0.2) is 0 Å². The Morgan fingerprint density at radius 3 is 2.52 bits per heavy atom. The summed E-state index contributed by atoms with van der Waals surface area (Å²) in [7, 11) is 0. The Hall–Kier alpha value is -3.01. The molecule has 0 heterocycles. The lowest BCUT2D eigenvalue weighted by atomic mass is 10.1. The zero-order valence-corrected chi connectivity index (χ0v) is 15.6. The van der Waals surface area contributed by atoms with Crippen LogP contribution in [-0.2, 0) is 4.79 Å². The highest BCUT2D eigenvalue weighted by Crippen LogP contribution is 2.47. The quantitative estimate of drug-likeness (QED) is 0.494. The van der Waals surface area contributed by atoms with Crippen LogP contribution in [0.15, 0.2) is 72.9 Å². The maximum Gasteiger partial charge on any atom is 0.223 e. The molecule has 0 saturated heterocycles. The van der Waals surface area contributed by atoms with Crippen molar-refractivity contribution in [3.8, 4) is 5.75 Å². The number of para-hydroxylation sites is 1. The van der Waals surface area contributed by atoms with E-state index in [-0.39, 0.29) is 17.6 Å². The van der Waals surface area contributed by atoms with Crippen LogP contribution in [0.4, 0.5) is 0 Å². The van der Waals surface area contributed by atoms with Gasteiger partial charge in [-0.2, -0.15) is 0 Å². The summed E-state index contributed by atoms with van der Waals surface area (Å²) in [6.45, 7) is 7.17. The topological polar surface area (TPSA) is 61.4 Å². The van der Waals surface area contributed by atoms with E-state index in [0.29, 0.717) is 24.6 Å². The molecule has 1 saturated carbocycles. The van der Waals surface area contributed by atoms with Gasteiger partial charge in [0.2, 0.25) is 5.91 Å². The smallest absolute Gasteiger partial charge is 0.223 e. The third kappa shape index (κ3) is 5.00. The number of aromatic hydroxyl groups is 1. The van der Waals surface area contributed by atoms with E-state index < -0.39 is 0 Å². The number of phenolic OH excluding ortho intramolecular Hbond substituents is 1. The van der Waals surface area contributed by atoms with Gasteiger partial charge in [0, 0.05) is 30.3 Å². The molecule has 1 aliphatic rings. The third-order valence-electron chi connectivity index (χ3n) is 4.82. The van der Waals surface area contributed by atoms with Crippen LogP contribution in [0.2, 0.25) is 0 Å². The SMILES string of the molecule is C=C(/C=C(\C)NCCNC(=O)C1C[C@H]1c1ccccc1)c1ccccc1O. The summed E-state index contributed by atoms with van der Waals surface area (Å²) in [4.78, 5) is 12.2. The maximum absolute atomic E-state index is 12.2. The summed E-state index contributed by atoms with van der Waals surface area (Å²) in [5.74, 6) is 0.814. The molecule has 0 radical (unpaired) electrons. The molecule has 4 nitrogen and oxygen atoms in total. The van der Waals surface area contributed by atoms with Gasteiger partial charge in [-0.3, -0.25) is 4.79 Å². The first-order valence-electron chi connectivity index (χ1n) is 9.28. The van der Waals surface area contributed by atoms with E-state index in [2.05, 4.69) is 29.3 Å². The van der Waals surface area contributed by atoms with Gasteiger partial charge in [0.15, 0.2) is 0 Å². The van der Waals surface area contributed by atoms with E-state index in [9.17, 15) is 9.90 Å². The minimum Gasteiger partial charge on any atom is -0.507 e. The molecular weight excluding hydrogens is 336 g/mol. The number of hydrogen-bond donors (Lipinski definition) is 3. The number of rotatable bonds is 8. The number of hydrogen-bond acceptors (Lipinski definition) is 3. The van der Waals surface area contributed by atoms with E-state index in [1.54, 1.807) is 12.1 Å². The molecule has 0 aromatic heterocycles. The van der Waals surface area contributed by atoms with Crippen molar-refractivity contribution in [2.75, 3.05) is 13.1 Å². The largest absolute Gasteiger partial charge is 0.507 e. The zero-order valence-electron chi connectivity index (χ0n) is 15.6. The number of allylic oxidation sites excluding steroid dienone is 3. The summed E-state index contributed by atoms with van der Waals surface area (Å²) in [6.07, 6.45) is 2.83. The predicted octanol–water partition coefficient (Wildman–Crippen LogP) is 3.82. The van der Waals surface area contributed by atoms with Gasteiger partial charge in [-0.15, -0.1) is 0 Å². The molecule has 0 bridgehead atoms. The molecule has 0 spiro atoms. The minimum atomic E-state index is 0.102. The second-order valence-corrected chi connectivity index (χ2v) is 6.95. The van der Waals surface area contributed by atoms with Crippen LogP contribution in [0.25, 0.3) is 5.57 Å². The molecule has 2 aromatic carbocycles. The highest BCUT2D eigenvalue weighted by molar-refractivity contribution is 5.82. The van der Waals surface area contributed by atoms with Crippen molar-refractivity contribution < 1.29 is 9.90 Å². The van der Waals surface area contributed by atoms with E-state index in [0.717, 1.165) is 17.7 Å². The lowest BCUT2D eigenvalue weighted by molar-refractivity contribution is -0.122. The summed E-state index contributed by atoms with van der Waals surface area (Å²) in [6, 6.07) is 17.3. The maximum atomic E-state index is 12.2. The third-order valence-corrected chi connectivity index (χ3v) is 4.82. The summed E-state index contributed by atoms with van der Waals surface area (Å²) < 4.78 is 0. The summed E-state index contributed by atoms with van der Waals surface area (Å²) >= 11 is 0. The number of phenols is 1. The number of benzene rings is 2. The first-order chi connectivity index (χ1) is 13.1. The molecule has 4 heteroatoms. The Bertz CT molecular complexity index is 842. The molecule has 1 aliphatic carbocycles. The second-order valence-electron chi connectivity index (χ2n) is 6.95. The number of carbonyl (C=O) groups is 1. The van der Waals surface area contributed by atoms with Crippen molar-refractivity contribution in [1.29, 1.82) is 0 Å². The first-order valence-corrected chi connectivity index (χ1v) is 9.28. The Morgan fingerprint density at radius 1 is 1.11 bits per heavy atom. The summed E-state index contributed by atoms with van der Waals surface area (Å²) in [5.41, 5.74) is 3.64. The Morgan fingerprint density at radius 2 is 1.78 bits per heavy atom. The van der Waals surface area contributed by atoms with Crippen molar-refractivity contribution in [2.45, 2.75) is 19.3 Å². The summed E-state index contributed by atoms with van der Waals surface area (Å²) in [5, 5.41) is 16.1. The Labute approximate surface area is 160 Å². The molecule has 1 fully saturated rings. The van der Waals surface area contributed by atoms with Gasteiger partial charge >= 0.3 is 0 Å². The average molecular weight is 362 g/mol. The van der Waals surface area contributed by atoms with Crippen molar-refractivity contribution in [2.24, 2.45) is 5.92 Å². The number of nitrogens with one attached hydrogen (secondary N) is 2. The van der Waals surface area contributed by atoms with Crippen LogP contribution >= 0.6 is 0 Å². The molecule has 2 atom stereocenters. The van der Waals surface area contributed by atoms with Crippen LogP contribution in [-0.4, -0.2) is 24.1 Å². The van der Waals surface area contributed by atoms with Crippen LogP contribution in [0.1, 0.15) is 30.4 Å². The van der Waals surface area contributed by atoms with Crippen molar-refractivity contribution >= 4 is 11.5 Å². The van der Waals surface area contributed by atoms with E-state index in [1.807, 2.05) is 43.3 Å². The first kappa shape index (κ1) is 18.8. The van der Waals surface area contributed by atoms with E-state index >= 15 is 0 Å². The van der Waals surface area contributed by atoms with Crippen LogP contribution in [0, 0.1) is 5.92 Å². The van der Waals surface area contributed by atoms with Gasteiger partial charge in [0.05, 0.1) is 0 Å². The van der Waals surface area contributed by atoms with Gasteiger partial charge in [-0.05, 0) is 42.5 Å². The molecule has 1 amide bonds. The highest BCUT2D eigenvalue weighted by atomic mass is 16.3. The van der Waals surface area contributed by atoms with E-state index in [4.69, 9.17) is 0 Å². The molecule has 0 aliphatic heterocycles. The van der Waals surface area contributed by atoms with Crippen LogP contribution in [0.5, 0.6) is 5.75 Å². The van der Waals surface area contributed by atoms with Crippen molar-refractivity contribution in [1.82, 2.24) is 10.6 Å². The Kier molecular flexibility index (Phi) is 5.97. The standard InChI is InChI=1S/C23H26N2O2/c1-16(19-10-6-7-11-22(19)26)14-17(2)24-12-13-25-23(27)21-15-20(21)18-8-4-3-5-9-18/h3-11,14,20-21,24,26H,1,12-13,15H2,2H3,(H,25,27)/b17-14+/t20-,21?/m0/s1. The predicted molar refractivity (Wildman–Crippen MR) is 109 cm³/mol. The lowest BCUT2D eigenvalue weighted by Crippen LogP contribution is -2.32. The monoisotopic (exact) mass is 362 g/mol. The molecule has 1 unspecified atom stereocenters. The van der Waals surface area contributed by atoms with Gasteiger partial charge in [-0.1, -0.05) is 55.1 Å². The van der Waals surface area contributed by atoms with Crippen molar-refractivity contribution in [3.63, 3.8) is 0 Å².